The predicted octanol–water partition coefficient (Wildman–Crippen LogP) is 3.32. The Balaban J connectivity index is 2.38. The molecule has 0 aliphatic heterocycles. The normalized spacial score (nSPS) is 16.9. The summed E-state index contributed by atoms with van der Waals surface area (Å²) in [5.41, 5.74) is 2.01. The highest BCUT2D eigenvalue weighted by Gasteiger charge is 2.38. The van der Waals surface area contributed by atoms with Crippen molar-refractivity contribution >= 4 is 17.6 Å². The third-order valence-electron chi connectivity index (χ3n) is 3.19. The van der Waals surface area contributed by atoms with Gasteiger partial charge in [0.2, 0.25) is 0 Å². The number of carbonyl (C=O) groups excluding carboxylic acids is 1. The average molecular weight is 239 g/mol. The highest BCUT2D eigenvalue weighted by molar-refractivity contribution is 6.31. The summed E-state index contributed by atoms with van der Waals surface area (Å²) in [7, 11) is 1.44. The lowest BCUT2D eigenvalue weighted by Gasteiger charge is -2.17. The van der Waals surface area contributed by atoms with E-state index in [0.717, 1.165) is 24.0 Å². The summed E-state index contributed by atoms with van der Waals surface area (Å²) in [6, 6.07) is 5.71. The lowest BCUT2D eigenvalue weighted by molar-refractivity contribution is -0.143. The molecule has 0 N–H and O–H groups in total. The number of hydrogen-bond acceptors (Lipinski definition) is 2. The van der Waals surface area contributed by atoms with Gasteiger partial charge in [-0.15, -0.1) is 0 Å². The van der Waals surface area contributed by atoms with Crippen LogP contribution in [0.15, 0.2) is 18.2 Å². The van der Waals surface area contributed by atoms with Gasteiger partial charge in [-0.05, 0) is 42.9 Å². The SMILES string of the molecule is COC(=O)C(c1cccc(Cl)c1C)C1CC1. The van der Waals surface area contributed by atoms with Crippen molar-refractivity contribution < 1.29 is 9.53 Å². The molecule has 1 aliphatic rings. The van der Waals surface area contributed by atoms with Crippen LogP contribution < -0.4 is 0 Å². The summed E-state index contributed by atoms with van der Waals surface area (Å²) in [5.74, 6) is 0.154. The van der Waals surface area contributed by atoms with E-state index in [1.165, 1.54) is 7.11 Å². The molecule has 1 atom stereocenters. The van der Waals surface area contributed by atoms with Gasteiger partial charge in [-0.3, -0.25) is 4.79 Å². The molecule has 2 rings (SSSR count). The van der Waals surface area contributed by atoms with Gasteiger partial charge in [0.15, 0.2) is 0 Å². The Morgan fingerprint density at radius 2 is 2.19 bits per heavy atom. The van der Waals surface area contributed by atoms with Crippen molar-refractivity contribution in [3.63, 3.8) is 0 Å². The van der Waals surface area contributed by atoms with E-state index in [9.17, 15) is 4.79 Å². The number of rotatable bonds is 3. The van der Waals surface area contributed by atoms with Crippen LogP contribution in [0.1, 0.15) is 29.9 Å². The van der Waals surface area contributed by atoms with Crippen molar-refractivity contribution in [3.8, 4) is 0 Å². The van der Waals surface area contributed by atoms with E-state index in [2.05, 4.69) is 0 Å². The first-order valence-electron chi connectivity index (χ1n) is 5.48. The van der Waals surface area contributed by atoms with Crippen LogP contribution in [0.4, 0.5) is 0 Å². The number of benzene rings is 1. The Kier molecular flexibility index (Phi) is 3.20. The monoisotopic (exact) mass is 238 g/mol. The minimum atomic E-state index is -0.145. The van der Waals surface area contributed by atoms with E-state index in [-0.39, 0.29) is 11.9 Å². The minimum absolute atomic E-state index is 0.135. The zero-order chi connectivity index (χ0) is 11.7. The molecular formula is C13H15ClO2. The summed E-state index contributed by atoms with van der Waals surface area (Å²) >= 11 is 6.08. The first kappa shape index (κ1) is 11.5. The van der Waals surface area contributed by atoms with E-state index in [1.54, 1.807) is 0 Å². The molecule has 2 nitrogen and oxygen atoms in total. The highest BCUT2D eigenvalue weighted by Crippen LogP contribution is 2.44. The first-order valence-corrected chi connectivity index (χ1v) is 5.85. The first-order chi connectivity index (χ1) is 7.65. The fraction of sp³-hybridized carbons (Fsp3) is 0.462. The van der Waals surface area contributed by atoms with Gasteiger partial charge in [0.1, 0.15) is 0 Å². The van der Waals surface area contributed by atoms with E-state index in [0.29, 0.717) is 10.9 Å². The molecule has 0 saturated heterocycles. The maximum atomic E-state index is 11.8. The van der Waals surface area contributed by atoms with Gasteiger partial charge in [-0.2, -0.15) is 0 Å². The smallest absolute Gasteiger partial charge is 0.313 e. The third kappa shape index (κ3) is 2.07. The molecule has 86 valence electrons. The zero-order valence-corrected chi connectivity index (χ0v) is 10.3. The fourth-order valence-corrected chi connectivity index (χ4v) is 2.27. The quantitative estimate of drug-likeness (QED) is 0.756. The third-order valence-corrected chi connectivity index (χ3v) is 3.60. The summed E-state index contributed by atoms with van der Waals surface area (Å²) in [6.45, 7) is 1.95. The van der Waals surface area contributed by atoms with E-state index in [1.807, 2.05) is 25.1 Å². The van der Waals surface area contributed by atoms with Crippen molar-refractivity contribution in [2.24, 2.45) is 5.92 Å². The van der Waals surface area contributed by atoms with Crippen LogP contribution in [0.25, 0.3) is 0 Å². The van der Waals surface area contributed by atoms with Crippen LogP contribution in [-0.4, -0.2) is 13.1 Å². The summed E-state index contributed by atoms with van der Waals surface area (Å²) < 4.78 is 4.88. The molecule has 1 aromatic rings. The molecule has 3 heteroatoms. The largest absolute Gasteiger partial charge is 0.469 e. The van der Waals surface area contributed by atoms with Gasteiger partial charge in [0.25, 0.3) is 0 Å². The van der Waals surface area contributed by atoms with Gasteiger partial charge < -0.3 is 4.74 Å². The lowest BCUT2D eigenvalue weighted by Crippen LogP contribution is -2.17. The Morgan fingerprint density at radius 1 is 1.50 bits per heavy atom. The standard InChI is InChI=1S/C13H15ClO2/c1-8-10(4-3-5-11(8)14)12(9-6-7-9)13(15)16-2/h3-5,9,12H,6-7H2,1-2H3. The molecule has 0 spiro atoms. The number of hydrogen-bond donors (Lipinski definition) is 0. The lowest BCUT2D eigenvalue weighted by atomic mass is 9.91. The molecule has 1 fully saturated rings. The van der Waals surface area contributed by atoms with Crippen molar-refractivity contribution in [1.82, 2.24) is 0 Å². The summed E-state index contributed by atoms with van der Waals surface area (Å²) in [5, 5.41) is 0.715. The van der Waals surface area contributed by atoms with Crippen LogP contribution in [0.5, 0.6) is 0 Å². The van der Waals surface area contributed by atoms with Crippen LogP contribution in [0.2, 0.25) is 5.02 Å². The Hall–Kier alpha value is -1.02. The molecule has 1 aromatic carbocycles. The minimum Gasteiger partial charge on any atom is -0.469 e. The van der Waals surface area contributed by atoms with Crippen molar-refractivity contribution in [1.29, 1.82) is 0 Å². The Bertz CT molecular complexity index is 410. The van der Waals surface area contributed by atoms with E-state index < -0.39 is 0 Å². The number of halogens is 1. The van der Waals surface area contributed by atoms with Crippen molar-refractivity contribution in [2.45, 2.75) is 25.7 Å². The number of carbonyl (C=O) groups is 1. The topological polar surface area (TPSA) is 26.3 Å². The van der Waals surface area contributed by atoms with Gasteiger partial charge in [-0.1, -0.05) is 23.7 Å². The molecule has 16 heavy (non-hydrogen) atoms. The molecule has 1 unspecified atom stereocenters. The molecule has 0 amide bonds. The van der Waals surface area contributed by atoms with Crippen LogP contribution in [0.3, 0.4) is 0 Å². The maximum Gasteiger partial charge on any atom is 0.313 e. The van der Waals surface area contributed by atoms with Crippen LogP contribution in [0, 0.1) is 12.8 Å². The highest BCUT2D eigenvalue weighted by atomic mass is 35.5. The molecule has 0 aromatic heterocycles. The number of ether oxygens (including phenoxy) is 1. The molecule has 1 aliphatic carbocycles. The van der Waals surface area contributed by atoms with Crippen molar-refractivity contribution in [3.05, 3.63) is 34.3 Å². The van der Waals surface area contributed by atoms with Gasteiger partial charge in [-0.25, -0.2) is 0 Å². The predicted molar refractivity (Wildman–Crippen MR) is 63.7 cm³/mol. The van der Waals surface area contributed by atoms with Gasteiger partial charge in [0, 0.05) is 5.02 Å². The Labute approximate surface area is 101 Å². The second kappa shape index (κ2) is 4.46. The van der Waals surface area contributed by atoms with E-state index in [4.69, 9.17) is 16.3 Å². The van der Waals surface area contributed by atoms with Gasteiger partial charge >= 0.3 is 5.97 Å². The summed E-state index contributed by atoms with van der Waals surface area (Å²) in [4.78, 5) is 11.8. The van der Waals surface area contributed by atoms with Gasteiger partial charge in [0.05, 0.1) is 13.0 Å². The van der Waals surface area contributed by atoms with Crippen molar-refractivity contribution in [2.75, 3.05) is 7.11 Å². The molecule has 1 saturated carbocycles. The van der Waals surface area contributed by atoms with E-state index >= 15 is 0 Å². The number of esters is 1. The van der Waals surface area contributed by atoms with Crippen LogP contribution >= 0.6 is 11.6 Å². The van der Waals surface area contributed by atoms with Crippen LogP contribution in [-0.2, 0) is 9.53 Å². The average Bonchev–Trinajstić information content (AvgIpc) is 3.08. The second-order valence-corrected chi connectivity index (χ2v) is 4.70. The molecule has 0 heterocycles. The zero-order valence-electron chi connectivity index (χ0n) is 9.50. The molecule has 0 radical (unpaired) electrons. The number of methoxy groups -OCH3 is 1. The molecular weight excluding hydrogens is 224 g/mol. The molecule has 0 bridgehead atoms. The Morgan fingerprint density at radius 3 is 2.75 bits per heavy atom. The second-order valence-electron chi connectivity index (χ2n) is 4.29. The summed E-state index contributed by atoms with van der Waals surface area (Å²) in [6.07, 6.45) is 2.21. The maximum absolute atomic E-state index is 11.8. The fourth-order valence-electron chi connectivity index (χ4n) is 2.09.